The molecule has 1 aromatic carbocycles. The SMILES string of the molecule is Cl.O=C(COc1ccc(Br)cc1)NC1CCCNC1. The molecule has 1 fully saturated rings. The van der Waals surface area contributed by atoms with Crippen molar-refractivity contribution in [3.05, 3.63) is 28.7 Å². The fraction of sp³-hybridized carbons (Fsp3) is 0.462. The summed E-state index contributed by atoms with van der Waals surface area (Å²) in [6.07, 6.45) is 2.15. The minimum atomic E-state index is -0.0633. The summed E-state index contributed by atoms with van der Waals surface area (Å²) in [6, 6.07) is 7.68. The monoisotopic (exact) mass is 348 g/mol. The number of hydrogen-bond donors (Lipinski definition) is 2. The van der Waals surface area contributed by atoms with Gasteiger partial charge in [0, 0.05) is 17.1 Å². The molecule has 0 spiro atoms. The lowest BCUT2D eigenvalue weighted by molar-refractivity contribution is -0.123. The summed E-state index contributed by atoms with van der Waals surface area (Å²) < 4.78 is 6.40. The summed E-state index contributed by atoms with van der Waals surface area (Å²) in [6.45, 7) is 1.96. The Morgan fingerprint density at radius 1 is 1.42 bits per heavy atom. The summed E-state index contributed by atoms with van der Waals surface area (Å²) in [5.41, 5.74) is 0. The number of piperidine rings is 1. The predicted molar refractivity (Wildman–Crippen MR) is 80.9 cm³/mol. The number of amides is 1. The summed E-state index contributed by atoms with van der Waals surface area (Å²) in [5.74, 6) is 0.640. The van der Waals surface area contributed by atoms with Gasteiger partial charge in [0.25, 0.3) is 5.91 Å². The van der Waals surface area contributed by atoms with Gasteiger partial charge in [-0.1, -0.05) is 15.9 Å². The number of carbonyl (C=O) groups is 1. The van der Waals surface area contributed by atoms with Crippen LogP contribution in [0.4, 0.5) is 0 Å². The first-order chi connectivity index (χ1) is 8.74. The number of hydrogen-bond acceptors (Lipinski definition) is 3. The molecule has 1 saturated heterocycles. The number of benzene rings is 1. The molecule has 2 rings (SSSR count). The zero-order valence-corrected chi connectivity index (χ0v) is 12.9. The second-order valence-electron chi connectivity index (χ2n) is 4.35. The number of halogens is 2. The highest BCUT2D eigenvalue weighted by atomic mass is 79.9. The molecule has 0 aromatic heterocycles. The molecular weight excluding hydrogens is 332 g/mol. The molecule has 1 aliphatic rings. The van der Waals surface area contributed by atoms with Crippen LogP contribution in [-0.4, -0.2) is 31.6 Å². The third kappa shape index (κ3) is 5.80. The molecule has 106 valence electrons. The molecule has 1 amide bonds. The Kier molecular flexibility index (Phi) is 7.20. The molecule has 1 atom stereocenters. The van der Waals surface area contributed by atoms with Crippen molar-refractivity contribution in [1.29, 1.82) is 0 Å². The quantitative estimate of drug-likeness (QED) is 0.875. The van der Waals surface area contributed by atoms with Crippen molar-refractivity contribution >= 4 is 34.2 Å². The lowest BCUT2D eigenvalue weighted by Crippen LogP contribution is -2.46. The Morgan fingerprint density at radius 2 is 2.16 bits per heavy atom. The van der Waals surface area contributed by atoms with E-state index in [1.54, 1.807) is 0 Å². The maximum Gasteiger partial charge on any atom is 0.258 e. The normalized spacial score (nSPS) is 18.3. The number of carbonyl (C=O) groups excluding carboxylic acids is 1. The largest absolute Gasteiger partial charge is 0.484 e. The fourth-order valence-electron chi connectivity index (χ4n) is 1.92. The summed E-state index contributed by atoms with van der Waals surface area (Å²) in [5, 5.41) is 6.22. The maximum atomic E-state index is 11.7. The van der Waals surface area contributed by atoms with Crippen LogP contribution in [0.15, 0.2) is 28.7 Å². The van der Waals surface area contributed by atoms with E-state index in [-0.39, 0.29) is 31.0 Å². The van der Waals surface area contributed by atoms with Crippen molar-refractivity contribution in [2.45, 2.75) is 18.9 Å². The van der Waals surface area contributed by atoms with E-state index in [1.165, 1.54) is 0 Å². The van der Waals surface area contributed by atoms with Gasteiger partial charge in [0.1, 0.15) is 5.75 Å². The minimum absolute atomic E-state index is 0. The molecule has 1 aliphatic heterocycles. The second kappa shape index (κ2) is 8.40. The van der Waals surface area contributed by atoms with Gasteiger partial charge in [0.2, 0.25) is 0 Å². The zero-order valence-electron chi connectivity index (χ0n) is 10.5. The van der Waals surface area contributed by atoms with Crippen molar-refractivity contribution in [1.82, 2.24) is 10.6 Å². The van der Waals surface area contributed by atoms with Crippen LogP contribution in [0.5, 0.6) is 5.75 Å². The van der Waals surface area contributed by atoms with Crippen molar-refractivity contribution in [2.75, 3.05) is 19.7 Å². The molecular formula is C13H18BrClN2O2. The highest BCUT2D eigenvalue weighted by molar-refractivity contribution is 9.10. The van der Waals surface area contributed by atoms with Crippen LogP contribution >= 0.6 is 28.3 Å². The van der Waals surface area contributed by atoms with Crippen LogP contribution < -0.4 is 15.4 Å². The fourth-order valence-corrected chi connectivity index (χ4v) is 2.19. The van der Waals surface area contributed by atoms with Gasteiger partial charge in [-0.3, -0.25) is 4.79 Å². The zero-order chi connectivity index (χ0) is 12.8. The Balaban J connectivity index is 0.00000180. The second-order valence-corrected chi connectivity index (χ2v) is 5.27. The van der Waals surface area contributed by atoms with Crippen LogP contribution in [-0.2, 0) is 4.79 Å². The van der Waals surface area contributed by atoms with Crippen molar-refractivity contribution in [3.63, 3.8) is 0 Å². The van der Waals surface area contributed by atoms with E-state index in [9.17, 15) is 4.79 Å². The van der Waals surface area contributed by atoms with E-state index >= 15 is 0 Å². The topological polar surface area (TPSA) is 50.4 Å². The minimum Gasteiger partial charge on any atom is -0.484 e. The van der Waals surface area contributed by atoms with Gasteiger partial charge in [0.05, 0.1) is 0 Å². The molecule has 0 saturated carbocycles. The Labute approximate surface area is 127 Å². The van der Waals surface area contributed by atoms with E-state index < -0.39 is 0 Å². The lowest BCUT2D eigenvalue weighted by Gasteiger charge is -2.23. The third-order valence-electron chi connectivity index (χ3n) is 2.85. The van der Waals surface area contributed by atoms with E-state index in [4.69, 9.17) is 4.74 Å². The summed E-state index contributed by atoms with van der Waals surface area (Å²) in [4.78, 5) is 11.7. The smallest absolute Gasteiger partial charge is 0.258 e. The van der Waals surface area contributed by atoms with E-state index in [1.807, 2.05) is 24.3 Å². The van der Waals surface area contributed by atoms with Gasteiger partial charge in [-0.15, -0.1) is 12.4 Å². The highest BCUT2D eigenvalue weighted by Crippen LogP contribution is 2.15. The molecule has 1 heterocycles. The Hall–Kier alpha value is -0.780. The van der Waals surface area contributed by atoms with Crippen LogP contribution in [0.3, 0.4) is 0 Å². The molecule has 4 nitrogen and oxygen atoms in total. The lowest BCUT2D eigenvalue weighted by atomic mass is 10.1. The molecule has 2 N–H and O–H groups in total. The van der Waals surface area contributed by atoms with Gasteiger partial charge in [-0.2, -0.15) is 0 Å². The number of rotatable bonds is 4. The number of ether oxygens (including phenoxy) is 1. The van der Waals surface area contributed by atoms with Gasteiger partial charge in [-0.05, 0) is 43.7 Å². The van der Waals surface area contributed by atoms with E-state index in [2.05, 4.69) is 26.6 Å². The summed E-state index contributed by atoms with van der Waals surface area (Å²) in [7, 11) is 0. The Bertz CT molecular complexity index is 394. The first-order valence-electron chi connectivity index (χ1n) is 6.12. The van der Waals surface area contributed by atoms with E-state index in [0.29, 0.717) is 5.75 Å². The van der Waals surface area contributed by atoms with Gasteiger partial charge >= 0.3 is 0 Å². The highest BCUT2D eigenvalue weighted by Gasteiger charge is 2.15. The molecule has 0 aliphatic carbocycles. The Morgan fingerprint density at radius 3 is 2.79 bits per heavy atom. The van der Waals surface area contributed by atoms with Crippen molar-refractivity contribution in [3.8, 4) is 5.75 Å². The molecule has 19 heavy (non-hydrogen) atoms. The molecule has 1 aromatic rings. The van der Waals surface area contributed by atoms with Crippen LogP contribution in [0.2, 0.25) is 0 Å². The first-order valence-corrected chi connectivity index (χ1v) is 6.92. The third-order valence-corrected chi connectivity index (χ3v) is 3.37. The predicted octanol–water partition coefficient (Wildman–Crippen LogP) is 2.12. The average molecular weight is 350 g/mol. The van der Waals surface area contributed by atoms with Gasteiger partial charge < -0.3 is 15.4 Å². The molecule has 6 heteroatoms. The van der Waals surface area contributed by atoms with Crippen LogP contribution in [0.1, 0.15) is 12.8 Å². The van der Waals surface area contributed by atoms with Crippen molar-refractivity contribution in [2.24, 2.45) is 0 Å². The van der Waals surface area contributed by atoms with Crippen LogP contribution in [0.25, 0.3) is 0 Å². The van der Waals surface area contributed by atoms with Crippen molar-refractivity contribution < 1.29 is 9.53 Å². The van der Waals surface area contributed by atoms with Crippen LogP contribution in [0, 0.1) is 0 Å². The first kappa shape index (κ1) is 16.3. The average Bonchev–Trinajstić information content (AvgIpc) is 2.39. The molecule has 0 bridgehead atoms. The van der Waals surface area contributed by atoms with E-state index in [0.717, 1.165) is 30.4 Å². The van der Waals surface area contributed by atoms with Gasteiger partial charge in [-0.25, -0.2) is 0 Å². The molecule has 1 unspecified atom stereocenters. The standard InChI is InChI=1S/C13H17BrN2O2.ClH/c14-10-3-5-12(6-4-10)18-9-13(17)16-11-2-1-7-15-8-11;/h3-6,11,15H,1-2,7-9H2,(H,16,17);1H. The number of nitrogens with one attached hydrogen (secondary N) is 2. The van der Waals surface area contributed by atoms with Gasteiger partial charge in [0.15, 0.2) is 6.61 Å². The molecule has 0 radical (unpaired) electrons. The maximum absolute atomic E-state index is 11.7. The summed E-state index contributed by atoms with van der Waals surface area (Å²) >= 11 is 3.35.